The summed E-state index contributed by atoms with van der Waals surface area (Å²) >= 11 is 0. The van der Waals surface area contributed by atoms with E-state index in [0.29, 0.717) is 6.54 Å². The van der Waals surface area contributed by atoms with Crippen LogP contribution in [0.2, 0.25) is 0 Å². The van der Waals surface area contributed by atoms with Gasteiger partial charge in [-0.1, -0.05) is 0 Å². The van der Waals surface area contributed by atoms with E-state index >= 15 is 0 Å². The van der Waals surface area contributed by atoms with Crippen molar-refractivity contribution < 1.29 is 4.39 Å². The molecule has 1 heterocycles. The Bertz CT molecular complexity index is 401. The Morgan fingerprint density at radius 1 is 1.41 bits per heavy atom. The molecule has 94 valence electrons. The molecule has 0 saturated carbocycles. The molecule has 2 rings (SSSR count). The standard InChI is InChI=1S/C14H21FN2/c1-14(2)7-4-8-17(14)13-6-5-12(15)9-11(13)10-16-3/h5-6,9,16H,4,7-8,10H2,1-3H3. The van der Waals surface area contributed by atoms with Gasteiger partial charge in [-0.3, -0.25) is 0 Å². The number of nitrogens with zero attached hydrogens (tertiary/aromatic N) is 1. The van der Waals surface area contributed by atoms with Gasteiger partial charge in [-0.25, -0.2) is 4.39 Å². The van der Waals surface area contributed by atoms with Gasteiger partial charge in [0.25, 0.3) is 0 Å². The topological polar surface area (TPSA) is 15.3 Å². The van der Waals surface area contributed by atoms with E-state index in [1.54, 1.807) is 12.1 Å². The number of rotatable bonds is 3. The van der Waals surface area contributed by atoms with Crippen molar-refractivity contribution >= 4 is 5.69 Å². The molecule has 1 aliphatic rings. The fourth-order valence-corrected chi connectivity index (χ4v) is 2.70. The molecule has 1 saturated heterocycles. The zero-order valence-electron chi connectivity index (χ0n) is 10.9. The van der Waals surface area contributed by atoms with Crippen molar-refractivity contribution in [3.63, 3.8) is 0 Å². The van der Waals surface area contributed by atoms with Gasteiger partial charge >= 0.3 is 0 Å². The number of benzene rings is 1. The highest BCUT2D eigenvalue weighted by atomic mass is 19.1. The van der Waals surface area contributed by atoms with E-state index in [4.69, 9.17) is 0 Å². The van der Waals surface area contributed by atoms with E-state index < -0.39 is 0 Å². The highest BCUT2D eigenvalue weighted by Crippen LogP contribution is 2.35. The van der Waals surface area contributed by atoms with Crippen molar-refractivity contribution in [2.75, 3.05) is 18.5 Å². The summed E-state index contributed by atoms with van der Waals surface area (Å²) in [6, 6.07) is 5.11. The lowest BCUT2D eigenvalue weighted by atomic mass is 10.0. The van der Waals surface area contributed by atoms with E-state index in [1.165, 1.54) is 18.5 Å². The highest BCUT2D eigenvalue weighted by molar-refractivity contribution is 5.56. The van der Waals surface area contributed by atoms with E-state index in [-0.39, 0.29) is 11.4 Å². The van der Waals surface area contributed by atoms with E-state index in [0.717, 1.165) is 12.1 Å². The van der Waals surface area contributed by atoms with Crippen LogP contribution in [0.1, 0.15) is 32.3 Å². The van der Waals surface area contributed by atoms with Crippen LogP contribution in [0.4, 0.5) is 10.1 Å². The molecule has 1 aromatic rings. The molecular weight excluding hydrogens is 215 g/mol. The van der Waals surface area contributed by atoms with E-state index in [2.05, 4.69) is 24.1 Å². The van der Waals surface area contributed by atoms with Crippen LogP contribution < -0.4 is 10.2 Å². The predicted molar refractivity (Wildman–Crippen MR) is 69.8 cm³/mol. The quantitative estimate of drug-likeness (QED) is 0.868. The first-order valence-electron chi connectivity index (χ1n) is 6.25. The smallest absolute Gasteiger partial charge is 0.123 e. The Morgan fingerprint density at radius 3 is 2.76 bits per heavy atom. The number of hydrogen-bond donors (Lipinski definition) is 1. The lowest BCUT2D eigenvalue weighted by molar-refractivity contribution is 0.515. The van der Waals surface area contributed by atoms with Gasteiger partial charge in [0, 0.05) is 24.3 Å². The van der Waals surface area contributed by atoms with Crippen LogP contribution in [-0.2, 0) is 6.54 Å². The third-order valence-corrected chi connectivity index (χ3v) is 3.60. The van der Waals surface area contributed by atoms with Gasteiger partial charge in [-0.2, -0.15) is 0 Å². The summed E-state index contributed by atoms with van der Waals surface area (Å²) < 4.78 is 13.3. The van der Waals surface area contributed by atoms with Crippen molar-refractivity contribution in [1.82, 2.24) is 5.32 Å². The minimum Gasteiger partial charge on any atom is -0.366 e. The third kappa shape index (κ3) is 2.44. The number of anilines is 1. The summed E-state index contributed by atoms with van der Waals surface area (Å²) in [5.74, 6) is -0.156. The van der Waals surface area contributed by atoms with Gasteiger partial charge in [0.2, 0.25) is 0 Å². The average Bonchev–Trinajstić information content (AvgIpc) is 2.59. The Kier molecular flexibility index (Phi) is 3.38. The molecule has 0 radical (unpaired) electrons. The second-order valence-corrected chi connectivity index (χ2v) is 5.37. The molecule has 3 heteroatoms. The zero-order valence-corrected chi connectivity index (χ0v) is 10.9. The minimum absolute atomic E-state index is 0.156. The maximum Gasteiger partial charge on any atom is 0.123 e. The average molecular weight is 236 g/mol. The molecule has 0 amide bonds. The molecule has 2 nitrogen and oxygen atoms in total. The Balaban J connectivity index is 2.37. The molecule has 0 spiro atoms. The van der Waals surface area contributed by atoms with Crippen molar-refractivity contribution in [2.45, 2.75) is 38.8 Å². The molecule has 0 unspecified atom stereocenters. The monoisotopic (exact) mass is 236 g/mol. The second-order valence-electron chi connectivity index (χ2n) is 5.37. The number of halogens is 1. The third-order valence-electron chi connectivity index (χ3n) is 3.60. The van der Waals surface area contributed by atoms with Crippen LogP contribution in [0.3, 0.4) is 0 Å². The predicted octanol–water partition coefficient (Wildman–Crippen LogP) is 2.92. The summed E-state index contributed by atoms with van der Waals surface area (Å²) in [7, 11) is 1.89. The molecular formula is C14H21FN2. The summed E-state index contributed by atoms with van der Waals surface area (Å²) in [5, 5.41) is 3.11. The first kappa shape index (κ1) is 12.4. The summed E-state index contributed by atoms with van der Waals surface area (Å²) in [6.07, 6.45) is 2.41. The first-order chi connectivity index (χ1) is 8.04. The van der Waals surface area contributed by atoms with Crippen LogP contribution in [-0.4, -0.2) is 19.1 Å². The fraction of sp³-hybridized carbons (Fsp3) is 0.571. The second kappa shape index (κ2) is 4.65. The van der Waals surface area contributed by atoms with Gasteiger partial charge in [0.15, 0.2) is 0 Å². The highest BCUT2D eigenvalue weighted by Gasteiger charge is 2.32. The number of nitrogens with one attached hydrogen (secondary N) is 1. The maximum atomic E-state index is 13.3. The normalized spacial score (nSPS) is 18.7. The largest absolute Gasteiger partial charge is 0.366 e. The first-order valence-corrected chi connectivity index (χ1v) is 6.25. The van der Waals surface area contributed by atoms with E-state index in [9.17, 15) is 4.39 Å². The summed E-state index contributed by atoms with van der Waals surface area (Å²) in [4.78, 5) is 2.40. The van der Waals surface area contributed by atoms with Crippen LogP contribution in [0.25, 0.3) is 0 Å². The van der Waals surface area contributed by atoms with Gasteiger partial charge in [-0.15, -0.1) is 0 Å². The molecule has 0 atom stereocenters. The maximum absolute atomic E-state index is 13.3. The fourth-order valence-electron chi connectivity index (χ4n) is 2.70. The van der Waals surface area contributed by atoms with Gasteiger partial charge in [-0.05, 0) is 57.5 Å². The molecule has 1 aliphatic heterocycles. The zero-order chi connectivity index (χ0) is 12.5. The van der Waals surface area contributed by atoms with Gasteiger partial charge in [0.05, 0.1) is 0 Å². The van der Waals surface area contributed by atoms with Crippen LogP contribution in [0.15, 0.2) is 18.2 Å². The van der Waals surface area contributed by atoms with Crippen LogP contribution >= 0.6 is 0 Å². The van der Waals surface area contributed by atoms with Gasteiger partial charge in [0.1, 0.15) is 5.82 Å². The molecule has 17 heavy (non-hydrogen) atoms. The molecule has 0 aliphatic carbocycles. The van der Waals surface area contributed by atoms with Gasteiger partial charge < -0.3 is 10.2 Å². The van der Waals surface area contributed by atoms with Crippen LogP contribution in [0, 0.1) is 5.82 Å². The van der Waals surface area contributed by atoms with Crippen molar-refractivity contribution in [1.29, 1.82) is 0 Å². The molecule has 1 fully saturated rings. The van der Waals surface area contributed by atoms with Crippen molar-refractivity contribution in [3.8, 4) is 0 Å². The number of hydrogen-bond acceptors (Lipinski definition) is 2. The van der Waals surface area contributed by atoms with Crippen LogP contribution in [0.5, 0.6) is 0 Å². The Labute approximate surface area is 103 Å². The summed E-state index contributed by atoms with van der Waals surface area (Å²) in [5.41, 5.74) is 2.39. The molecule has 0 aromatic heterocycles. The molecule has 1 aromatic carbocycles. The van der Waals surface area contributed by atoms with Crippen molar-refractivity contribution in [3.05, 3.63) is 29.6 Å². The van der Waals surface area contributed by atoms with Crippen molar-refractivity contribution in [2.24, 2.45) is 0 Å². The Morgan fingerprint density at radius 2 is 2.18 bits per heavy atom. The minimum atomic E-state index is -0.156. The molecule has 1 N–H and O–H groups in total. The molecule has 0 bridgehead atoms. The Hall–Kier alpha value is -1.09. The van der Waals surface area contributed by atoms with E-state index in [1.807, 2.05) is 13.1 Å². The SMILES string of the molecule is CNCc1cc(F)ccc1N1CCCC1(C)C. The lowest BCUT2D eigenvalue weighted by Crippen LogP contribution is -2.38. The lowest BCUT2D eigenvalue weighted by Gasteiger charge is -2.35. The summed E-state index contributed by atoms with van der Waals surface area (Å²) in [6.45, 7) is 6.29.